The van der Waals surface area contributed by atoms with Crippen molar-refractivity contribution in [1.29, 1.82) is 0 Å². The van der Waals surface area contributed by atoms with Gasteiger partial charge in [-0.3, -0.25) is 0 Å². The summed E-state index contributed by atoms with van der Waals surface area (Å²) in [5, 5.41) is 0. The first-order valence-corrected chi connectivity index (χ1v) is 5.93. The highest BCUT2D eigenvalue weighted by molar-refractivity contribution is 4.83. The van der Waals surface area contributed by atoms with Crippen molar-refractivity contribution in [3.05, 3.63) is 0 Å². The topological polar surface area (TPSA) is 6.48 Å². The SMILES string of the molecule is CCCN(C)CC1(C)CCN(C)CC1. The largest absolute Gasteiger partial charge is 0.306 e. The summed E-state index contributed by atoms with van der Waals surface area (Å²) in [7, 11) is 4.49. The van der Waals surface area contributed by atoms with Crippen LogP contribution in [0.2, 0.25) is 0 Å². The lowest BCUT2D eigenvalue weighted by Crippen LogP contribution is -2.42. The molecule has 0 radical (unpaired) electrons. The van der Waals surface area contributed by atoms with Gasteiger partial charge >= 0.3 is 0 Å². The molecule has 0 saturated carbocycles. The van der Waals surface area contributed by atoms with E-state index in [2.05, 4.69) is 37.7 Å². The van der Waals surface area contributed by atoms with Crippen LogP contribution in [0.4, 0.5) is 0 Å². The average Bonchev–Trinajstić information content (AvgIpc) is 2.11. The summed E-state index contributed by atoms with van der Waals surface area (Å²) < 4.78 is 0. The Morgan fingerprint density at radius 2 is 1.86 bits per heavy atom. The minimum absolute atomic E-state index is 0.566. The lowest BCUT2D eigenvalue weighted by molar-refractivity contribution is 0.0977. The summed E-state index contributed by atoms with van der Waals surface area (Å²) in [5.74, 6) is 0. The van der Waals surface area contributed by atoms with E-state index in [1.807, 2.05) is 0 Å². The van der Waals surface area contributed by atoms with Gasteiger partial charge in [0, 0.05) is 6.54 Å². The van der Waals surface area contributed by atoms with Gasteiger partial charge in [-0.15, -0.1) is 0 Å². The Labute approximate surface area is 89.3 Å². The Kier molecular flexibility index (Phi) is 4.39. The fourth-order valence-electron chi connectivity index (χ4n) is 2.43. The molecule has 0 spiro atoms. The maximum Gasteiger partial charge on any atom is 0.00332 e. The van der Waals surface area contributed by atoms with Crippen molar-refractivity contribution in [3.63, 3.8) is 0 Å². The molecule has 0 bridgehead atoms. The van der Waals surface area contributed by atoms with Crippen molar-refractivity contribution in [2.24, 2.45) is 5.41 Å². The number of rotatable bonds is 4. The van der Waals surface area contributed by atoms with E-state index in [9.17, 15) is 0 Å². The minimum Gasteiger partial charge on any atom is -0.306 e. The molecule has 14 heavy (non-hydrogen) atoms. The Hall–Kier alpha value is -0.0800. The molecule has 84 valence electrons. The van der Waals surface area contributed by atoms with Gasteiger partial charge < -0.3 is 9.80 Å². The van der Waals surface area contributed by atoms with Gasteiger partial charge in [0.2, 0.25) is 0 Å². The maximum atomic E-state index is 2.49. The zero-order valence-electron chi connectivity index (χ0n) is 10.3. The monoisotopic (exact) mass is 198 g/mol. The third kappa shape index (κ3) is 3.58. The smallest absolute Gasteiger partial charge is 0.00332 e. The Balaban J connectivity index is 2.34. The number of piperidine rings is 1. The molecule has 1 aliphatic rings. The van der Waals surface area contributed by atoms with Crippen LogP contribution in [0.1, 0.15) is 33.1 Å². The van der Waals surface area contributed by atoms with Crippen LogP contribution in [0.5, 0.6) is 0 Å². The van der Waals surface area contributed by atoms with E-state index < -0.39 is 0 Å². The Morgan fingerprint density at radius 3 is 2.36 bits per heavy atom. The van der Waals surface area contributed by atoms with Crippen LogP contribution in [-0.4, -0.2) is 50.1 Å². The van der Waals surface area contributed by atoms with Crippen LogP contribution in [0.3, 0.4) is 0 Å². The highest BCUT2D eigenvalue weighted by Crippen LogP contribution is 2.30. The van der Waals surface area contributed by atoms with E-state index in [0.717, 1.165) is 0 Å². The molecule has 1 rings (SSSR count). The second-order valence-electron chi connectivity index (χ2n) is 5.35. The Bertz CT molecular complexity index is 160. The molecule has 1 heterocycles. The summed E-state index contributed by atoms with van der Waals surface area (Å²) in [6.07, 6.45) is 3.99. The molecule has 0 aromatic carbocycles. The predicted octanol–water partition coefficient (Wildman–Crippen LogP) is 2.06. The molecule has 0 N–H and O–H groups in total. The predicted molar refractivity (Wildman–Crippen MR) is 62.6 cm³/mol. The van der Waals surface area contributed by atoms with Gasteiger partial charge in [-0.05, 0) is 58.4 Å². The van der Waals surface area contributed by atoms with Crippen LogP contribution < -0.4 is 0 Å². The first-order chi connectivity index (χ1) is 6.56. The van der Waals surface area contributed by atoms with Gasteiger partial charge in [-0.1, -0.05) is 13.8 Å². The lowest BCUT2D eigenvalue weighted by atomic mass is 9.80. The van der Waals surface area contributed by atoms with Gasteiger partial charge in [0.15, 0.2) is 0 Å². The molecular weight excluding hydrogens is 172 g/mol. The van der Waals surface area contributed by atoms with Crippen molar-refractivity contribution in [2.75, 3.05) is 40.3 Å². The van der Waals surface area contributed by atoms with E-state index in [-0.39, 0.29) is 0 Å². The molecule has 0 unspecified atom stereocenters. The molecule has 0 aromatic heterocycles. The highest BCUT2D eigenvalue weighted by atomic mass is 15.1. The van der Waals surface area contributed by atoms with Crippen molar-refractivity contribution in [2.45, 2.75) is 33.1 Å². The molecule has 1 saturated heterocycles. The fraction of sp³-hybridized carbons (Fsp3) is 1.00. The van der Waals surface area contributed by atoms with Gasteiger partial charge in [-0.25, -0.2) is 0 Å². The summed E-state index contributed by atoms with van der Waals surface area (Å²) in [5.41, 5.74) is 0.566. The van der Waals surface area contributed by atoms with Crippen LogP contribution in [0, 0.1) is 5.41 Å². The highest BCUT2D eigenvalue weighted by Gasteiger charge is 2.29. The van der Waals surface area contributed by atoms with Gasteiger partial charge in [0.25, 0.3) is 0 Å². The zero-order chi connectivity index (χ0) is 10.6. The van der Waals surface area contributed by atoms with Crippen LogP contribution in [0.15, 0.2) is 0 Å². The molecule has 2 heteroatoms. The second kappa shape index (κ2) is 5.13. The van der Waals surface area contributed by atoms with Crippen molar-refractivity contribution < 1.29 is 0 Å². The molecule has 1 aliphatic heterocycles. The molecule has 2 nitrogen and oxygen atoms in total. The first kappa shape index (κ1) is 12.0. The molecular formula is C12H26N2. The molecule has 0 atom stereocenters. The molecule has 1 fully saturated rings. The fourth-order valence-corrected chi connectivity index (χ4v) is 2.43. The quantitative estimate of drug-likeness (QED) is 0.682. The third-order valence-electron chi connectivity index (χ3n) is 3.45. The van der Waals surface area contributed by atoms with Crippen LogP contribution in [0.25, 0.3) is 0 Å². The number of likely N-dealkylation sites (tertiary alicyclic amines) is 1. The summed E-state index contributed by atoms with van der Waals surface area (Å²) in [6.45, 7) is 9.77. The van der Waals surface area contributed by atoms with Crippen LogP contribution in [-0.2, 0) is 0 Å². The summed E-state index contributed by atoms with van der Waals surface area (Å²) in [6, 6.07) is 0. The lowest BCUT2D eigenvalue weighted by Gasteiger charge is -2.40. The van der Waals surface area contributed by atoms with E-state index in [0.29, 0.717) is 5.41 Å². The number of hydrogen-bond acceptors (Lipinski definition) is 2. The summed E-state index contributed by atoms with van der Waals surface area (Å²) in [4.78, 5) is 4.94. The van der Waals surface area contributed by atoms with E-state index in [1.165, 1.54) is 45.4 Å². The number of hydrogen-bond donors (Lipinski definition) is 0. The normalized spacial score (nSPS) is 22.9. The number of nitrogens with zero attached hydrogens (tertiary/aromatic N) is 2. The van der Waals surface area contributed by atoms with E-state index >= 15 is 0 Å². The van der Waals surface area contributed by atoms with Crippen LogP contribution >= 0.6 is 0 Å². The van der Waals surface area contributed by atoms with E-state index in [4.69, 9.17) is 0 Å². The minimum atomic E-state index is 0.566. The van der Waals surface area contributed by atoms with Crippen molar-refractivity contribution in [3.8, 4) is 0 Å². The third-order valence-corrected chi connectivity index (χ3v) is 3.45. The standard InChI is InChI=1S/C12H26N2/c1-5-8-14(4)11-12(2)6-9-13(3)10-7-12/h5-11H2,1-4H3. The van der Waals surface area contributed by atoms with Gasteiger partial charge in [0.1, 0.15) is 0 Å². The second-order valence-corrected chi connectivity index (χ2v) is 5.35. The van der Waals surface area contributed by atoms with Gasteiger partial charge in [0.05, 0.1) is 0 Å². The van der Waals surface area contributed by atoms with Gasteiger partial charge in [-0.2, -0.15) is 0 Å². The Morgan fingerprint density at radius 1 is 1.29 bits per heavy atom. The maximum absolute atomic E-state index is 2.49. The first-order valence-electron chi connectivity index (χ1n) is 5.93. The molecule has 0 aromatic rings. The average molecular weight is 198 g/mol. The molecule has 0 aliphatic carbocycles. The van der Waals surface area contributed by atoms with Crippen molar-refractivity contribution >= 4 is 0 Å². The zero-order valence-corrected chi connectivity index (χ0v) is 10.3. The molecule has 0 amide bonds. The summed E-state index contributed by atoms with van der Waals surface area (Å²) >= 11 is 0. The van der Waals surface area contributed by atoms with Crippen molar-refractivity contribution in [1.82, 2.24) is 9.80 Å². The van der Waals surface area contributed by atoms with E-state index in [1.54, 1.807) is 0 Å².